The SMILES string of the molecule is ClC1=NC2c3ncccc3C=CC2C=C1. The average molecular weight is 217 g/mol. The molecule has 0 saturated carbocycles. The van der Waals surface area contributed by atoms with E-state index in [1.165, 1.54) is 0 Å². The highest BCUT2D eigenvalue weighted by atomic mass is 35.5. The molecule has 1 aromatic heterocycles. The number of halogens is 1. The Bertz CT molecular complexity index is 488. The second kappa shape index (κ2) is 3.31. The molecule has 0 aromatic carbocycles. The molecule has 2 heterocycles. The lowest BCUT2D eigenvalue weighted by atomic mass is 9.87. The number of pyridine rings is 1. The van der Waals surface area contributed by atoms with Crippen LogP contribution in [0, 0.1) is 5.92 Å². The first-order valence-corrected chi connectivity index (χ1v) is 5.27. The Kier molecular flexibility index (Phi) is 1.96. The highest BCUT2D eigenvalue weighted by molar-refractivity contribution is 6.68. The molecule has 0 saturated heterocycles. The summed E-state index contributed by atoms with van der Waals surface area (Å²) in [6.45, 7) is 0. The molecule has 2 nitrogen and oxygen atoms in total. The molecule has 0 bridgehead atoms. The Hall–Kier alpha value is -1.41. The van der Waals surface area contributed by atoms with Crippen LogP contribution >= 0.6 is 11.6 Å². The molecule has 3 heteroatoms. The summed E-state index contributed by atoms with van der Waals surface area (Å²) < 4.78 is 0. The first-order chi connectivity index (χ1) is 7.34. The minimum Gasteiger partial charge on any atom is -0.262 e. The van der Waals surface area contributed by atoms with E-state index in [1.54, 1.807) is 6.20 Å². The Morgan fingerprint density at radius 1 is 1.20 bits per heavy atom. The zero-order valence-electron chi connectivity index (χ0n) is 7.97. The fourth-order valence-corrected chi connectivity index (χ4v) is 2.18. The topological polar surface area (TPSA) is 25.2 Å². The highest BCUT2D eigenvalue weighted by Crippen LogP contribution is 2.36. The highest BCUT2D eigenvalue weighted by Gasteiger charge is 2.27. The van der Waals surface area contributed by atoms with E-state index in [4.69, 9.17) is 11.6 Å². The molecule has 15 heavy (non-hydrogen) atoms. The third-order valence-corrected chi connectivity index (χ3v) is 2.96. The van der Waals surface area contributed by atoms with Gasteiger partial charge >= 0.3 is 0 Å². The third kappa shape index (κ3) is 1.41. The van der Waals surface area contributed by atoms with Gasteiger partial charge in [-0.2, -0.15) is 0 Å². The van der Waals surface area contributed by atoms with Crippen LogP contribution < -0.4 is 0 Å². The Balaban J connectivity index is 2.14. The van der Waals surface area contributed by atoms with Gasteiger partial charge in [0.25, 0.3) is 0 Å². The molecule has 0 fully saturated rings. The molecule has 0 N–H and O–H groups in total. The van der Waals surface area contributed by atoms with Gasteiger partial charge in [0.2, 0.25) is 0 Å². The Morgan fingerprint density at radius 2 is 2.07 bits per heavy atom. The molecule has 2 unspecified atom stereocenters. The van der Waals surface area contributed by atoms with Crippen molar-refractivity contribution in [1.29, 1.82) is 0 Å². The van der Waals surface area contributed by atoms with Crippen molar-refractivity contribution in [3.05, 3.63) is 47.8 Å². The second-order valence-electron chi connectivity index (χ2n) is 3.67. The number of rotatable bonds is 0. The van der Waals surface area contributed by atoms with E-state index in [1.807, 2.05) is 12.1 Å². The predicted octanol–water partition coefficient (Wildman–Crippen LogP) is 2.97. The van der Waals surface area contributed by atoms with E-state index >= 15 is 0 Å². The van der Waals surface area contributed by atoms with Crippen LogP contribution in [0.3, 0.4) is 0 Å². The minimum atomic E-state index is 0.0590. The van der Waals surface area contributed by atoms with Crippen LogP contribution in [0.5, 0.6) is 0 Å². The number of hydrogen-bond donors (Lipinski definition) is 0. The van der Waals surface area contributed by atoms with Gasteiger partial charge in [-0.05, 0) is 17.7 Å². The second-order valence-corrected chi connectivity index (χ2v) is 4.06. The lowest BCUT2D eigenvalue weighted by Crippen LogP contribution is -2.17. The molecule has 1 aromatic rings. The number of hydrogen-bond acceptors (Lipinski definition) is 2. The summed E-state index contributed by atoms with van der Waals surface area (Å²) >= 11 is 5.91. The van der Waals surface area contributed by atoms with Gasteiger partial charge in [-0.3, -0.25) is 9.98 Å². The van der Waals surface area contributed by atoms with Gasteiger partial charge in [0.15, 0.2) is 0 Å². The van der Waals surface area contributed by atoms with Crippen molar-refractivity contribution in [3.8, 4) is 0 Å². The Morgan fingerprint density at radius 3 is 3.00 bits per heavy atom. The summed E-state index contributed by atoms with van der Waals surface area (Å²) in [6.07, 6.45) is 9.98. The molecule has 0 amide bonds. The molecule has 74 valence electrons. The van der Waals surface area contributed by atoms with Gasteiger partial charge in [0, 0.05) is 12.1 Å². The minimum absolute atomic E-state index is 0.0590. The van der Waals surface area contributed by atoms with Crippen LogP contribution in [0.4, 0.5) is 0 Å². The van der Waals surface area contributed by atoms with E-state index in [-0.39, 0.29) is 6.04 Å². The van der Waals surface area contributed by atoms with Crippen molar-refractivity contribution in [2.75, 3.05) is 0 Å². The molecule has 0 spiro atoms. The van der Waals surface area contributed by atoms with Crippen LogP contribution in [0.1, 0.15) is 17.3 Å². The van der Waals surface area contributed by atoms with Crippen molar-refractivity contribution in [1.82, 2.24) is 4.98 Å². The smallest absolute Gasteiger partial charge is 0.124 e. The summed E-state index contributed by atoms with van der Waals surface area (Å²) in [4.78, 5) is 8.81. The molecule has 1 aliphatic heterocycles. The largest absolute Gasteiger partial charge is 0.262 e. The van der Waals surface area contributed by atoms with Crippen LogP contribution in [0.15, 0.2) is 41.6 Å². The van der Waals surface area contributed by atoms with Gasteiger partial charge in [0.1, 0.15) is 11.2 Å². The van der Waals surface area contributed by atoms with Gasteiger partial charge in [-0.15, -0.1) is 0 Å². The monoisotopic (exact) mass is 216 g/mol. The van der Waals surface area contributed by atoms with Crippen molar-refractivity contribution in [3.63, 3.8) is 0 Å². The molecule has 2 atom stereocenters. The summed E-state index contributed by atoms with van der Waals surface area (Å²) in [5, 5.41) is 0.558. The molecule has 3 rings (SSSR count). The van der Waals surface area contributed by atoms with Crippen molar-refractivity contribution >= 4 is 22.8 Å². The number of fused-ring (bicyclic) bond motifs is 3. The van der Waals surface area contributed by atoms with Crippen LogP contribution in [-0.2, 0) is 0 Å². The number of allylic oxidation sites excluding steroid dienone is 1. The number of aliphatic imine (C=N–C) groups is 1. The fourth-order valence-electron chi connectivity index (χ4n) is 2.00. The van der Waals surface area contributed by atoms with E-state index in [0.29, 0.717) is 11.1 Å². The molecule has 2 aliphatic rings. The zero-order valence-corrected chi connectivity index (χ0v) is 8.72. The van der Waals surface area contributed by atoms with Crippen molar-refractivity contribution < 1.29 is 0 Å². The van der Waals surface area contributed by atoms with E-state index in [9.17, 15) is 0 Å². The van der Waals surface area contributed by atoms with Crippen molar-refractivity contribution in [2.45, 2.75) is 6.04 Å². The summed E-state index contributed by atoms with van der Waals surface area (Å²) in [5.74, 6) is 0.301. The van der Waals surface area contributed by atoms with Crippen LogP contribution in [-0.4, -0.2) is 10.2 Å². The fraction of sp³-hybridized carbons (Fsp3) is 0.167. The third-order valence-electron chi connectivity index (χ3n) is 2.73. The lowest BCUT2D eigenvalue weighted by molar-refractivity contribution is 0.593. The van der Waals surface area contributed by atoms with Crippen molar-refractivity contribution in [2.24, 2.45) is 10.9 Å². The first kappa shape index (κ1) is 8.86. The number of dihydropyridines is 1. The van der Waals surface area contributed by atoms with Crippen LogP contribution in [0.25, 0.3) is 6.08 Å². The molecule has 0 radical (unpaired) electrons. The maximum Gasteiger partial charge on any atom is 0.124 e. The number of aromatic nitrogens is 1. The summed E-state index contributed by atoms with van der Waals surface area (Å²) in [6, 6.07) is 4.05. The van der Waals surface area contributed by atoms with Gasteiger partial charge in [0.05, 0.1) is 5.69 Å². The van der Waals surface area contributed by atoms with E-state index < -0.39 is 0 Å². The van der Waals surface area contributed by atoms with Crippen LogP contribution in [0.2, 0.25) is 0 Å². The molecular formula is C12H9ClN2. The zero-order chi connectivity index (χ0) is 10.3. The average Bonchev–Trinajstić information content (AvgIpc) is 2.29. The van der Waals surface area contributed by atoms with Gasteiger partial charge in [-0.25, -0.2) is 0 Å². The van der Waals surface area contributed by atoms with E-state index in [0.717, 1.165) is 11.3 Å². The first-order valence-electron chi connectivity index (χ1n) is 4.89. The predicted molar refractivity (Wildman–Crippen MR) is 61.9 cm³/mol. The van der Waals surface area contributed by atoms with E-state index in [2.05, 4.69) is 34.3 Å². The normalized spacial score (nSPS) is 26.9. The van der Waals surface area contributed by atoms with Gasteiger partial charge < -0.3 is 0 Å². The Labute approximate surface area is 93.0 Å². The lowest BCUT2D eigenvalue weighted by Gasteiger charge is -2.25. The maximum atomic E-state index is 5.91. The summed E-state index contributed by atoms with van der Waals surface area (Å²) in [7, 11) is 0. The number of nitrogens with zero attached hydrogens (tertiary/aromatic N) is 2. The molecule has 1 aliphatic carbocycles. The standard InChI is InChI=1S/C12H9ClN2/c13-10-6-5-9-4-3-8-2-1-7-14-11(8)12(9)15-10/h1-7,9,12H. The summed E-state index contributed by atoms with van der Waals surface area (Å²) in [5.41, 5.74) is 2.16. The quantitative estimate of drug-likeness (QED) is 0.655. The maximum absolute atomic E-state index is 5.91. The molecular weight excluding hydrogens is 208 g/mol. The van der Waals surface area contributed by atoms with Gasteiger partial charge in [-0.1, -0.05) is 35.9 Å².